The van der Waals surface area contributed by atoms with Gasteiger partial charge in [-0.2, -0.15) is 0 Å². The van der Waals surface area contributed by atoms with Crippen LogP contribution in [0.4, 0.5) is 0 Å². The fourth-order valence-corrected chi connectivity index (χ4v) is 2.17. The first-order valence-corrected chi connectivity index (χ1v) is 7.27. The molecule has 0 bridgehead atoms. The maximum Gasteiger partial charge on any atom is 0.123 e. The van der Waals surface area contributed by atoms with Crippen LogP contribution in [0.2, 0.25) is 0 Å². The molecule has 0 fully saturated rings. The molecule has 3 heteroatoms. The molecule has 0 saturated heterocycles. The van der Waals surface area contributed by atoms with E-state index in [4.69, 9.17) is 9.47 Å². The zero-order chi connectivity index (χ0) is 13.9. The fraction of sp³-hybridized carbons (Fsp3) is 0.625. The van der Waals surface area contributed by atoms with Gasteiger partial charge < -0.3 is 14.8 Å². The number of para-hydroxylation sites is 1. The van der Waals surface area contributed by atoms with Gasteiger partial charge in [-0.05, 0) is 38.8 Å². The lowest BCUT2D eigenvalue weighted by Gasteiger charge is -2.21. The summed E-state index contributed by atoms with van der Waals surface area (Å²) in [5, 5.41) is 3.60. The second-order valence-corrected chi connectivity index (χ2v) is 4.59. The van der Waals surface area contributed by atoms with Crippen LogP contribution in [0.1, 0.15) is 44.7 Å². The Bertz CT molecular complexity index is 341. The van der Waals surface area contributed by atoms with E-state index in [9.17, 15) is 0 Å². The molecule has 0 aromatic heterocycles. The quantitative estimate of drug-likeness (QED) is 0.656. The van der Waals surface area contributed by atoms with Gasteiger partial charge in [-0.3, -0.25) is 0 Å². The highest BCUT2D eigenvalue weighted by molar-refractivity contribution is 5.35. The van der Waals surface area contributed by atoms with Gasteiger partial charge in [0, 0.05) is 24.8 Å². The summed E-state index contributed by atoms with van der Waals surface area (Å²) in [5.74, 6) is 0.965. The maximum atomic E-state index is 5.46. The smallest absolute Gasteiger partial charge is 0.123 e. The van der Waals surface area contributed by atoms with E-state index in [0.717, 1.165) is 44.8 Å². The molecule has 0 heterocycles. The van der Waals surface area contributed by atoms with E-state index in [1.807, 2.05) is 19.1 Å². The maximum absolute atomic E-state index is 5.46. The Morgan fingerprint density at radius 1 is 1.21 bits per heavy atom. The second-order valence-electron chi connectivity index (χ2n) is 4.59. The Kier molecular flexibility index (Phi) is 8.26. The molecule has 19 heavy (non-hydrogen) atoms. The van der Waals surface area contributed by atoms with E-state index in [1.165, 1.54) is 5.56 Å². The number of hydrogen-bond donors (Lipinski definition) is 1. The van der Waals surface area contributed by atoms with Crippen LogP contribution in [0, 0.1) is 0 Å². The van der Waals surface area contributed by atoms with E-state index < -0.39 is 0 Å². The van der Waals surface area contributed by atoms with Crippen molar-refractivity contribution in [3.05, 3.63) is 29.8 Å². The molecular formula is C16H27NO2. The van der Waals surface area contributed by atoms with Crippen LogP contribution in [-0.2, 0) is 4.74 Å². The highest BCUT2D eigenvalue weighted by Crippen LogP contribution is 2.27. The lowest BCUT2D eigenvalue weighted by atomic mass is 10.0. The highest BCUT2D eigenvalue weighted by Gasteiger charge is 2.14. The molecule has 1 N–H and O–H groups in total. The van der Waals surface area contributed by atoms with Gasteiger partial charge in [-0.25, -0.2) is 0 Å². The van der Waals surface area contributed by atoms with Crippen LogP contribution in [0.15, 0.2) is 24.3 Å². The molecule has 1 atom stereocenters. The molecule has 3 nitrogen and oxygen atoms in total. The lowest BCUT2D eigenvalue weighted by Crippen LogP contribution is -2.23. The van der Waals surface area contributed by atoms with Crippen LogP contribution < -0.4 is 10.1 Å². The monoisotopic (exact) mass is 265 g/mol. The highest BCUT2D eigenvalue weighted by atomic mass is 16.5. The van der Waals surface area contributed by atoms with Gasteiger partial charge in [0.05, 0.1) is 7.11 Å². The number of benzene rings is 1. The van der Waals surface area contributed by atoms with Crippen LogP contribution in [0.25, 0.3) is 0 Å². The average Bonchev–Trinajstić information content (AvgIpc) is 2.46. The standard InChI is InChI=1S/C16H27NO2/c1-4-12-17-15(10-8-13-19-5-2)14-9-6-7-11-16(14)18-3/h6-7,9,11,15,17H,4-5,8,10,12-13H2,1-3H3. The van der Waals surface area contributed by atoms with Crippen molar-refractivity contribution in [3.63, 3.8) is 0 Å². The summed E-state index contributed by atoms with van der Waals surface area (Å²) >= 11 is 0. The topological polar surface area (TPSA) is 30.5 Å². The molecule has 108 valence electrons. The van der Waals surface area contributed by atoms with Gasteiger partial charge in [0.1, 0.15) is 5.75 Å². The Hall–Kier alpha value is -1.06. The van der Waals surface area contributed by atoms with E-state index in [-0.39, 0.29) is 0 Å². The molecule has 0 amide bonds. The molecule has 1 aromatic carbocycles. The van der Waals surface area contributed by atoms with E-state index >= 15 is 0 Å². The summed E-state index contributed by atoms with van der Waals surface area (Å²) in [5.41, 5.74) is 1.25. The van der Waals surface area contributed by atoms with Crippen molar-refractivity contribution in [1.82, 2.24) is 5.32 Å². The first-order chi connectivity index (χ1) is 9.33. The summed E-state index contributed by atoms with van der Waals surface area (Å²) in [4.78, 5) is 0. The zero-order valence-electron chi connectivity index (χ0n) is 12.4. The second kappa shape index (κ2) is 9.82. The van der Waals surface area contributed by atoms with Crippen molar-refractivity contribution >= 4 is 0 Å². The van der Waals surface area contributed by atoms with Crippen molar-refractivity contribution in [2.45, 2.75) is 39.2 Å². The average molecular weight is 265 g/mol. The minimum atomic E-state index is 0.344. The number of ether oxygens (including phenoxy) is 2. The molecule has 0 aliphatic heterocycles. The number of nitrogens with one attached hydrogen (secondary N) is 1. The molecule has 1 rings (SSSR count). The Labute approximate surface area is 117 Å². The van der Waals surface area contributed by atoms with Gasteiger partial charge in [0.15, 0.2) is 0 Å². The molecule has 0 aliphatic carbocycles. The zero-order valence-corrected chi connectivity index (χ0v) is 12.4. The molecule has 0 radical (unpaired) electrons. The summed E-state index contributed by atoms with van der Waals surface area (Å²) in [7, 11) is 1.73. The van der Waals surface area contributed by atoms with E-state index in [0.29, 0.717) is 6.04 Å². The van der Waals surface area contributed by atoms with E-state index in [1.54, 1.807) is 7.11 Å². The summed E-state index contributed by atoms with van der Waals surface area (Å²) in [6.07, 6.45) is 3.27. The van der Waals surface area contributed by atoms with Crippen LogP contribution >= 0.6 is 0 Å². The van der Waals surface area contributed by atoms with Gasteiger partial charge in [0.25, 0.3) is 0 Å². The minimum absolute atomic E-state index is 0.344. The Morgan fingerprint density at radius 2 is 2.00 bits per heavy atom. The lowest BCUT2D eigenvalue weighted by molar-refractivity contribution is 0.140. The normalized spacial score (nSPS) is 12.4. The molecular weight excluding hydrogens is 238 g/mol. The Balaban J connectivity index is 2.65. The van der Waals surface area contributed by atoms with Crippen LogP contribution in [0.3, 0.4) is 0 Å². The van der Waals surface area contributed by atoms with E-state index in [2.05, 4.69) is 24.4 Å². The predicted molar refractivity (Wildman–Crippen MR) is 79.8 cm³/mol. The van der Waals surface area contributed by atoms with Crippen molar-refractivity contribution in [2.75, 3.05) is 26.9 Å². The van der Waals surface area contributed by atoms with Gasteiger partial charge in [0.2, 0.25) is 0 Å². The van der Waals surface area contributed by atoms with Crippen LogP contribution in [0.5, 0.6) is 5.75 Å². The molecule has 0 spiro atoms. The summed E-state index contributed by atoms with van der Waals surface area (Å²) in [6.45, 7) is 6.87. The SMILES string of the molecule is CCCNC(CCCOCC)c1ccccc1OC. The number of methoxy groups -OCH3 is 1. The van der Waals surface area contributed by atoms with Crippen molar-refractivity contribution in [2.24, 2.45) is 0 Å². The molecule has 1 unspecified atom stereocenters. The number of hydrogen-bond acceptors (Lipinski definition) is 3. The first-order valence-electron chi connectivity index (χ1n) is 7.27. The van der Waals surface area contributed by atoms with Crippen molar-refractivity contribution < 1.29 is 9.47 Å². The molecule has 0 saturated carbocycles. The fourth-order valence-electron chi connectivity index (χ4n) is 2.17. The first kappa shape index (κ1) is 16.0. The Morgan fingerprint density at radius 3 is 2.68 bits per heavy atom. The third kappa shape index (κ3) is 5.62. The van der Waals surface area contributed by atoms with Crippen molar-refractivity contribution in [3.8, 4) is 5.75 Å². The number of rotatable bonds is 10. The van der Waals surface area contributed by atoms with Gasteiger partial charge >= 0.3 is 0 Å². The third-order valence-corrected chi connectivity index (χ3v) is 3.14. The van der Waals surface area contributed by atoms with Gasteiger partial charge in [-0.1, -0.05) is 25.1 Å². The third-order valence-electron chi connectivity index (χ3n) is 3.14. The molecule has 0 aliphatic rings. The summed E-state index contributed by atoms with van der Waals surface area (Å²) < 4.78 is 10.9. The van der Waals surface area contributed by atoms with Crippen molar-refractivity contribution in [1.29, 1.82) is 0 Å². The minimum Gasteiger partial charge on any atom is -0.496 e. The molecule has 1 aromatic rings. The predicted octanol–water partition coefficient (Wildman–Crippen LogP) is 3.55. The summed E-state index contributed by atoms with van der Waals surface area (Å²) in [6, 6.07) is 8.60. The van der Waals surface area contributed by atoms with Crippen LogP contribution in [-0.4, -0.2) is 26.9 Å². The largest absolute Gasteiger partial charge is 0.496 e. The van der Waals surface area contributed by atoms with Gasteiger partial charge in [-0.15, -0.1) is 0 Å².